The Kier molecular flexibility index (Phi) is 5.79. The third-order valence-corrected chi connectivity index (χ3v) is 5.50. The summed E-state index contributed by atoms with van der Waals surface area (Å²) >= 11 is 0. The van der Waals surface area contributed by atoms with Gasteiger partial charge in [0.25, 0.3) is 5.91 Å². The van der Waals surface area contributed by atoms with Crippen molar-refractivity contribution in [3.63, 3.8) is 0 Å². The third kappa shape index (κ3) is 4.62. The Hall–Kier alpha value is -3.56. The maximum absolute atomic E-state index is 13.2. The van der Waals surface area contributed by atoms with Crippen molar-refractivity contribution in [2.24, 2.45) is 5.92 Å². The number of amides is 2. The van der Waals surface area contributed by atoms with Gasteiger partial charge in [0.2, 0.25) is 5.91 Å². The molecule has 0 radical (unpaired) electrons. The van der Waals surface area contributed by atoms with Crippen LogP contribution in [0.25, 0.3) is 11.5 Å². The van der Waals surface area contributed by atoms with E-state index < -0.39 is 0 Å². The lowest BCUT2D eigenvalue weighted by Crippen LogP contribution is -2.39. The summed E-state index contributed by atoms with van der Waals surface area (Å²) in [6.07, 6.45) is 4.04. The lowest BCUT2D eigenvalue weighted by atomic mass is 10.2. The Morgan fingerprint density at radius 3 is 2.84 bits per heavy atom. The van der Waals surface area contributed by atoms with Crippen molar-refractivity contribution in [3.8, 4) is 11.5 Å². The molecule has 1 aliphatic rings. The molecule has 3 aromatic heterocycles. The first-order valence-electron chi connectivity index (χ1n) is 10.3. The van der Waals surface area contributed by atoms with Crippen molar-refractivity contribution in [1.82, 2.24) is 40.2 Å². The maximum atomic E-state index is 13.2. The zero-order valence-corrected chi connectivity index (χ0v) is 17.9. The highest BCUT2D eigenvalue weighted by atomic mass is 16.2. The number of likely N-dealkylation sites (N-methyl/N-ethyl adjacent to an activating group) is 1. The largest absolute Gasteiger partial charge is 0.358 e. The van der Waals surface area contributed by atoms with Gasteiger partial charge in [0.1, 0.15) is 18.1 Å². The van der Waals surface area contributed by atoms with Crippen LogP contribution in [-0.4, -0.2) is 60.3 Å². The average molecular weight is 422 g/mol. The predicted octanol–water partition coefficient (Wildman–Crippen LogP) is 1.73. The van der Waals surface area contributed by atoms with E-state index in [1.807, 2.05) is 23.7 Å². The van der Waals surface area contributed by atoms with Crippen LogP contribution in [0.1, 0.15) is 47.8 Å². The van der Waals surface area contributed by atoms with Gasteiger partial charge in [-0.1, -0.05) is 6.07 Å². The molecule has 0 aromatic carbocycles. The Bertz CT molecular complexity index is 1070. The second kappa shape index (κ2) is 8.66. The van der Waals surface area contributed by atoms with Crippen LogP contribution >= 0.6 is 0 Å². The Morgan fingerprint density at radius 2 is 2.16 bits per heavy atom. The summed E-state index contributed by atoms with van der Waals surface area (Å²) in [7, 11) is 1.54. The monoisotopic (exact) mass is 422 g/mol. The van der Waals surface area contributed by atoms with Crippen LogP contribution in [0.3, 0.4) is 0 Å². The van der Waals surface area contributed by atoms with Crippen LogP contribution < -0.4 is 5.32 Å². The SMILES string of the molecule is CNC(=O)CN(Cc1nc(-c2ccccn2)n[nH]1)C(=O)c1cc(C)n(C(C)C2CC2)n1. The first kappa shape index (κ1) is 20.7. The van der Waals surface area contributed by atoms with E-state index in [9.17, 15) is 9.59 Å². The number of nitrogens with zero attached hydrogens (tertiary/aromatic N) is 6. The summed E-state index contributed by atoms with van der Waals surface area (Å²) in [4.78, 5) is 35.4. The minimum absolute atomic E-state index is 0.0934. The van der Waals surface area contributed by atoms with Gasteiger partial charge >= 0.3 is 0 Å². The highest BCUT2D eigenvalue weighted by Crippen LogP contribution is 2.39. The molecule has 1 saturated carbocycles. The van der Waals surface area contributed by atoms with E-state index in [-0.39, 0.29) is 30.9 Å². The molecule has 31 heavy (non-hydrogen) atoms. The topological polar surface area (TPSA) is 122 Å². The van der Waals surface area contributed by atoms with Crippen molar-refractivity contribution in [2.45, 2.75) is 39.3 Å². The van der Waals surface area contributed by atoms with Crippen molar-refractivity contribution in [3.05, 3.63) is 47.7 Å². The van der Waals surface area contributed by atoms with Crippen LogP contribution in [0.15, 0.2) is 30.5 Å². The number of carbonyl (C=O) groups is 2. The van der Waals surface area contributed by atoms with Crippen molar-refractivity contribution in [1.29, 1.82) is 0 Å². The summed E-state index contributed by atoms with van der Waals surface area (Å²) in [6, 6.07) is 7.49. The van der Waals surface area contributed by atoms with E-state index >= 15 is 0 Å². The minimum atomic E-state index is -0.329. The molecule has 1 atom stereocenters. The predicted molar refractivity (Wildman–Crippen MR) is 113 cm³/mol. The molecular formula is C21H26N8O2. The van der Waals surface area contributed by atoms with Gasteiger partial charge in [-0.25, -0.2) is 4.98 Å². The molecule has 3 aromatic rings. The minimum Gasteiger partial charge on any atom is -0.358 e. The number of hydrogen-bond donors (Lipinski definition) is 2. The van der Waals surface area contributed by atoms with Crippen molar-refractivity contribution in [2.75, 3.05) is 13.6 Å². The molecule has 3 heterocycles. The number of aryl methyl sites for hydroxylation is 1. The Balaban J connectivity index is 1.55. The van der Waals surface area contributed by atoms with Crippen LogP contribution in [0, 0.1) is 12.8 Å². The quantitative estimate of drug-likeness (QED) is 0.570. The van der Waals surface area contributed by atoms with Crippen molar-refractivity contribution < 1.29 is 9.59 Å². The molecule has 162 valence electrons. The van der Waals surface area contributed by atoms with Gasteiger partial charge in [0, 0.05) is 18.9 Å². The summed E-state index contributed by atoms with van der Waals surface area (Å²) < 4.78 is 1.91. The lowest BCUT2D eigenvalue weighted by Gasteiger charge is -2.19. The molecule has 1 fully saturated rings. The molecule has 2 N–H and O–H groups in total. The first-order valence-corrected chi connectivity index (χ1v) is 10.3. The van der Waals surface area contributed by atoms with E-state index in [0.29, 0.717) is 29.0 Å². The average Bonchev–Trinajstić information content (AvgIpc) is 3.41. The second-order valence-corrected chi connectivity index (χ2v) is 7.85. The first-order chi connectivity index (χ1) is 15.0. The maximum Gasteiger partial charge on any atom is 0.275 e. The number of nitrogens with one attached hydrogen (secondary N) is 2. The fraction of sp³-hybridized carbons (Fsp3) is 0.429. The van der Waals surface area contributed by atoms with E-state index in [1.54, 1.807) is 18.3 Å². The standard InChI is InChI=1S/C21H26N8O2/c1-13-10-17(27-29(13)14(2)15-7-8-15)21(31)28(12-19(30)22-3)11-18-24-20(26-25-18)16-6-4-5-9-23-16/h4-6,9-10,14-15H,7-8,11-12H2,1-3H3,(H,22,30)(H,24,25,26). The molecule has 1 unspecified atom stereocenters. The van der Waals surface area contributed by atoms with E-state index in [1.165, 1.54) is 24.8 Å². The van der Waals surface area contributed by atoms with E-state index in [0.717, 1.165) is 5.69 Å². The van der Waals surface area contributed by atoms with Crippen molar-refractivity contribution >= 4 is 11.8 Å². The van der Waals surface area contributed by atoms with Crippen LogP contribution in [-0.2, 0) is 11.3 Å². The number of aromatic nitrogens is 6. The number of pyridine rings is 1. The number of hydrogen-bond acceptors (Lipinski definition) is 6. The summed E-state index contributed by atoms with van der Waals surface area (Å²) in [6.45, 7) is 4.05. The molecular weight excluding hydrogens is 396 g/mol. The van der Waals surface area contributed by atoms with E-state index in [4.69, 9.17) is 0 Å². The number of carbonyl (C=O) groups excluding carboxylic acids is 2. The summed E-state index contributed by atoms with van der Waals surface area (Å²) in [5, 5.41) is 14.1. The van der Waals surface area contributed by atoms with Gasteiger partial charge in [-0.2, -0.15) is 10.2 Å². The van der Waals surface area contributed by atoms with Crippen LogP contribution in [0.4, 0.5) is 0 Å². The summed E-state index contributed by atoms with van der Waals surface area (Å²) in [5.74, 6) is 0.897. The third-order valence-electron chi connectivity index (χ3n) is 5.50. The summed E-state index contributed by atoms with van der Waals surface area (Å²) in [5.41, 5.74) is 1.87. The van der Waals surface area contributed by atoms with Crippen LogP contribution in [0.2, 0.25) is 0 Å². The molecule has 10 nitrogen and oxygen atoms in total. The normalized spacial score (nSPS) is 14.3. The lowest BCUT2D eigenvalue weighted by molar-refractivity contribution is -0.121. The second-order valence-electron chi connectivity index (χ2n) is 7.85. The molecule has 2 amide bonds. The number of H-pyrrole nitrogens is 1. The van der Waals surface area contributed by atoms with Gasteiger partial charge in [-0.05, 0) is 50.8 Å². The zero-order valence-electron chi connectivity index (χ0n) is 17.9. The van der Waals surface area contributed by atoms with Gasteiger partial charge in [-0.15, -0.1) is 0 Å². The Morgan fingerprint density at radius 1 is 1.35 bits per heavy atom. The molecule has 0 aliphatic heterocycles. The molecule has 10 heteroatoms. The highest BCUT2D eigenvalue weighted by molar-refractivity contribution is 5.95. The molecule has 4 rings (SSSR count). The molecule has 0 saturated heterocycles. The van der Waals surface area contributed by atoms with E-state index in [2.05, 4.69) is 37.5 Å². The Labute approximate surface area is 180 Å². The molecule has 0 bridgehead atoms. The fourth-order valence-corrected chi connectivity index (χ4v) is 3.55. The molecule has 0 spiro atoms. The zero-order chi connectivity index (χ0) is 22.0. The van der Waals surface area contributed by atoms with Gasteiger partial charge in [0.15, 0.2) is 11.5 Å². The van der Waals surface area contributed by atoms with Crippen LogP contribution in [0.5, 0.6) is 0 Å². The highest BCUT2D eigenvalue weighted by Gasteiger charge is 2.31. The van der Waals surface area contributed by atoms with Gasteiger partial charge in [0.05, 0.1) is 12.6 Å². The smallest absolute Gasteiger partial charge is 0.275 e. The van der Waals surface area contributed by atoms with Gasteiger partial charge in [-0.3, -0.25) is 24.4 Å². The number of aromatic amines is 1. The number of rotatable bonds is 8. The van der Waals surface area contributed by atoms with Gasteiger partial charge < -0.3 is 10.2 Å². The molecule has 1 aliphatic carbocycles. The fourth-order valence-electron chi connectivity index (χ4n) is 3.55.